The van der Waals surface area contributed by atoms with Crippen molar-refractivity contribution in [1.29, 1.82) is 0 Å². The van der Waals surface area contributed by atoms with Crippen molar-refractivity contribution in [2.75, 3.05) is 0 Å². The first-order valence-electron chi connectivity index (χ1n) is 8.28. The van der Waals surface area contributed by atoms with Crippen molar-refractivity contribution in [2.45, 2.75) is 20.3 Å². The Labute approximate surface area is 141 Å². The molecule has 120 valence electrons. The first kappa shape index (κ1) is 15.1. The van der Waals surface area contributed by atoms with E-state index in [-0.39, 0.29) is 7.69 Å². The van der Waals surface area contributed by atoms with Gasteiger partial charge in [0.2, 0.25) is 0 Å². The molecular weight excluding hydrogens is 299 g/mol. The zero-order valence-electron chi connectivity index (χ0n) is 13.9. The lowest BCUT2D eigenvalue weighted by atomic mass is 9.97. The summed E-state index contributed by atoms with van der Waals surface area (Å²) in [6.07, 6.45) is 1.04. The standard InChI is InChI=1S/C20H19BO3/c1-12(2)9-13-7-8-14-11-18(24-21-22)20-19(16(14)10-13)15-5-3-4-6-17(15)23-20/h3-8,10-12,21-22H,9H2,1-2H3. The molecule has 3 aromatic carbocycles. The molecule has 0 aliphatic carbocycles. The maximum atomic E-state index is 9.21. The van der Waals surface area contributed by atoms with Crippen LogP contribution in [0, 0.1) is 5.92 Å². The van der Waals surface area contributed by atoms with Crippen molar-refractivity contribution < 1.29 is 14.1 Å². The topological polar surface area (TPSA) is 42.6 Å². The normalized spacial score (nSPS) is 11.7. The van der Waals surface area contributed by atoms with E-state index in [4.69, 9.17) is 9.07 Å². The van der Waals surface area contributed by atoms with Crippen molar-refractivity contribution in [3.05, 3.63) is 54.1 Å². The van der Waals surface area contributed by atoms with Gasteiger partial charge >= 0.3 is 7.69 Å². The van der Waals surface area contributed by atoms with E-state index in [0.29, 0.717) is 17.3 Å². The molecule has 1 heterocycles. The molecule has 0 amide bonds. The van der Waals surface area contributed by atoms with E-state index in [1.165, 1.54) is 10.9 Å². The molecule has 0 aliphatic rings. The quantitative estimate of drug-likeness (QED) is 0.560. The third-order valence-corrected chi connectivity index (χ3v) is 4.36. The molecule has 4 rings (SSSR count). The Hall–Kier alpha value is -2.46. The summed E-state index contributed by atoms with van der Waals surface area (Å²) < 4.78 is 11.4. The Balaban J connectivity index is 2.10. The Morgan fingerprint density at radius 3 is 2.71 bits per heavy atom. The average molecular weight is 318 g/mol. The fraction of sp³-hybridized carbons (Fsp3) is 0.200. The number of furan rings is 1. The van der Waals surface area contributed by atoms with Crippen LogP contribution in [0.3, 0.4) is 0 Å². The van der Waals surface area contributed by atoms with E-state index < -0.39 is 0 Å². The molecule has 0 fully saturated rings. The molecule has 3 nitrogen and oxygen atoms in total. The zero-order valence-corrected chi connectivity index (χ0v) is 13.9. The van der Waals surface area contributed by atoms with Gasteiger partial charge < -0.3 is 14.1 Å². The summed E-state index contributed by atoms with van der Waals surface area (Å²) in [7, 11) is -0.372. The summed E-state index contributed by atoms with van der Waals surface area (Å²) in [5.74, 6) is 1.18. The van der Waals surface area contributed by atoms with Gasteiger partial charge in [-0.05, 0) is 40.8 Å². The number of fused-ring (bicyclic) bond motifs is 5. The van der Waals surface area contributed by atoms with Crippen molar-refractivity contribution >= 4 is 40.4 Å². The molecular formula is C20H19BO3. The fourth-order valence-corrected chi connectivity index (χ4v) is 3.41. The number of para-hydroxylation sites is 1. The number of hydrogen-bond donors (Lipinski definition) is 1. The predicted octanol–water partition coefficient (Wildman–Crippen LogP) is 4.58. The van der Waals surface area contributed by atoms with E-state index in [2.05, 4.69) is 38.1 Å². The Morgan fingerprint density at radius 2 is 1.92 bits per heavy atom. The molecule has 0 radical (unpaired) electrons. The van der Waals surface area contributed by atoms with Gasteiger partial charge in [-0.1, -0.05) is 50.2 Å². The van der Waals surface area contributed by atoms with E-state index >= 15 is 0 Å². The lowest BCUT2D eigenvalue weighted by Gasteiger charge is -2.10. The van der Waals surface area contributed by atoms with E-state index in [1.54, 1.807) is 0 Å². The first-order valence-corrected chi connectivity index (χ1v) is 8.28. The molecule has 4 heteroatoms. The van der Waals surface area contributed by atoms with Crippen molar-refractivity contribution in [3.8, 4) is 5.75 Å². The van der Waals surface area contributed by atoms with Gasteiger partial charge in [0.15, 0.2) is 5.58 Å². The summed E-state index contributed by atoms with van der Waals surface area (Å²) in [6, 6.07) is 16.5. The third-order valence-electron chi connectivity index (χ3n) is 4.36. The molecule has 1 aromatic heterocycles. The number of rotatable bonds is 4. The summed E-state index contributed by atoms with van der Waals surface area (Å²) in [4.78, 5) is 0. The molecule has 0 aliphatic heterocycles. The van der Waals surface area contributed by atoms with E-state index in [0.717, 1.165) is 28.2 Å². The maximum absolute atomic E-state index is 9.21. The second-order valence-corrected chi connectivity index (χ2v) is 6.60. The second-order valence-electron chi connectivity index (χ2n) is 6.60. The molecule has 0 saturated heterocycles. The summed E-state index contributed by atoms with van der Waals surface area (Å²) in [6.45, 7) is 4.45. The molecule has 0 saturated carbocycles. The van der Waals surface area contributed by atoms with Crippen LogP contribution >= 0.6 is 0 Å². The highest BCUT2D eigenvalue weighted by molar-refractivity contribution is 6.23. The highest BCUT2D eigenvalue weighted by atomic mass is 16.5. The predicted molar refractivity (Wildman–Crippen MR) is 99.8 cm³/mol. The Morgan fingerprint density at radius 1 is 1.08 bits per heavy atom. The van der Waals surface area contributed by atoms with Crippen LogP contribution in [0.2, 0.25) is 0 Å². The Bertz CT molecular complexity index is 1030. The maximum Gasteiger partial charge on any atom is 0.504 e. The van der Waals surface area contributed by atoms with Crippen LogP contribution in [0.15, 0.2) is 52.9 Å². The van der Waals surface area contributed by atoms with Crippen LogP contribution in [0.25, 0.3) is 32.7 Å². The minimum absolute atomic E-state index is 0.372. The lowest BCUT2D eigenvalue weighted by molar-refractivity contribution is 0.451. The van der Waals surface area contributed by atoms with Crippen LogP contribution in [0.5, 0.6) is 5.75 Å². The second kappa shape index (κ2) is 5.88. The molecule has 4 aromatic rings. The number of benzene rings is 3. The summed E-state index contributed by atoms with van der Waals surface area (Å²) in [5.41, 5.74) is 2.84. The smallest absolute Gasteiger partial charge is 0.504 e. The number of hydrogen-bond acceptors (Lipinski definition) is 3. The van der Waals surface area contributed by atoms with Crippen molar-refractivity contribution in [2.24, 2.45) is 5.92 Å². The SMILES string of the molecule is CC(C)Cc1ccc2cc(OBO)c3oc4ccccc4c3c2c1. The largest absolute Gasteiger partial charge is 0.536 e. The molecule has 0 spiro atoms. The summed E-state index contributed by atoms with van der Waals surface area (Å²) in [5, 5.41) is 13.6. The first-order chi connectivity index (χ1) is 11.7. The minimum atomic E-state index is -0.372. The van der Waals surface area contributed by atoms with Crippen LogP contribution in [0.1, 0.15) is 19.4 Å². The van der Waals surface area contributed by atoms with Crippen molar-refractivity contribution in [3.63, 3.8) is 0 Å². The van der Waals surface area contributed by atoms with Gasteiger partial charge in [-0.3, -0.25) is 0 Å². The zero-order chi connectivity index (χ0) is 16.7. The van der Waals surface area contributed by atoms with Gasteiger partial charge in [0.25, 0.3) is 0 Å². The van der Waals surface area contributed by atoms with Gasteiger partial charge in [0.1, 0.15) is 11.3 Å². The van der Waals surface area contributed by atoms with E-state index in [1.807, 2.05) is 24.3 Å². The molecule has 0 atom stereocenters. The molecule has 24 heavy (non-hydrogen) atoms. The Kier molecular flexibility index (Phi) is 3.70. The molecule has 0 unspecified atom stereocenters. The highest BCUT2D eigenvalue weighted by Crippen LogP contribution is 2.40. The van der Waals surface area contributed by atoms with Crippen LogP contribution in [0.4, 0.5) is 0 Å². The average Bonchev–Trinajstić information content (AvgIpc) is 2.95. The third kappa shape index (κ3) is 2.43. The van der Waals surface area contributed by atoms with Crippen LogP contribution in [-0.2, 0) is 6.42 Å². The fourth-order valence-electron chi connectivity index (χ4n) is 3.41. The van der Waals surface area contributed by atoms with E-state index in [9.17, 15) is 5.02 Å². The minimum Gasteiger partial charge on any atom is -0.536 e. The summed E-state index contributed by atoms with van der Waals surface area (Å²) >= 11 is 0. The monoisotopic (exact) mass is 318 g/mol. The van der Waals surface area contributed by atoms with Gasteiger partial charge in [0.05, 0.1) is 0 Å². The van der Waals surface area contributed by atoms with Gasteiger partial charge in [-0.2, -0.15) is 0 Å². The highest BCUT2D eigenvalue weighted by Gasteiger charge is 2.16. The van der Waals surface area contributed by atoms with Crippen molar-refractivity contribution in [1.82, 2.24) is 0 Å². The molecule has 0 bridgehead atoms. The van der Waals surface area contributed by atoms with Gasteiger partial charge in [0, 0.05) is 10.8 Å². The molecule has 1 N–H and O–H groups in total. The van der Waals surface area contributed by atoms with Crippen LogP contribution < -0.4 is 4.65 Å². The van der Waals surface area contributed by atoms with Crippen LogP contribution in [-0.4, -0.2) is 12.7 Å². The van der Waals surface area contributed by atoms with Gasteiger partial charge in [-0.25, -0.2) is 0 Å². The van der Waals surface area contributed by atoms with Gasteiger partial charge in [-0.15, -0.1) is 0 Å². The lowest BCUT2D eigenvalue weighted by Crippen LogP contribution is -2.00.